The first-order valence-corrected chi connectivity index (χ1v) is 10.9. The summed E-state index contributed by atoms with van der Waals surface area (Å²) in [7, 11) is 1.64. The number of thiazole rings is 1. The van der Waals surface area contributed by atoms with Gasteiger partial charge in [-0.2, -0.15) is 0 Å². The number of piperidine rings is 3. The number of hydrogen-bond donors (Lipinski definition) is 1. The number of methoxy groups -OCH3 is 1. The van der Waals surface area contributed by atoms with Crippen LogP contribution in [0.4, 0.5) is 0 Å². The molecule has 0 spiro atoms. The van der Waals surface area contributed by atoms with Gasteiger partial charge in [0.2, 0.25) is 0 Å². The van der Waals surface area contributed by atoms with E-state index in [0.717, 1.165) is 18.5 Å². The highest BCUT2D eigenvalue weighted by Crippen LogP contribution is 2.38. The van der Waals surface area contributed by atoms with Crippen LogP contribution in [0.1, 0.15) is 29.4 Å². The maximum absolute atomic E-state index is 12.7. The van der Waals surface area contributed by atoms with Gasteiger partial charge in [0.1, 0.15) is 0 Å². The minimum absolute atomic E-state index is 0.0548. The summed E-state index contributed by atoms with van der Waals surface area (Å²) in [6, 6.07) is 4.63. The van der Waals surface area contributed by atoms with E-state index < -0.39 is 0 Å². The Balaban J connectivity index is 1.40. The average molecular weight is 396 g/mol. The first kappa shape index (κ1) is 17.3. The van der Waals surface area contributed by atoms with E-state index in [9.17, 15) is 4.79 Å². The molecule has 0 saturated carbocycles. The van der Waals surface area contributed by atoms with E-state index in [2.05, 4.69) is 22.1 Å². The van der Waals surface area contributed by atoms with Crippen LogP contribution in [0.2, 0.25) is 0 Å². The van der Waals surface area contributed by atoms with Crippen LogP contribution in [0.3, 0.4) is 0 Å². The molecule has 0 aliphatic carbocycles. The second kappa shape index (κ2) is 7.26. The van der Waals surface area contributed by atoms with Crippen molar-refractivity contribution in [2.45, 2.75) is 40.4 Å². The number of amides is 1. The third-order valence-electron chi connectivity index (χ3n) is 5.13. The van der Waals surface area contributed by atoms with Crippen LogP contribution in [0.5, 0.6) is 5.06 Å². The Hall–Kier alpha value is -1.09. The average Bonchev–Trinajstić information content (AvgIpc) is 3.28. The first-order valence-electron chi connectivity index (χ1n) is 8.46. The summed E-state index contributed by atoms with van der Waals surface area (Å²) in [6.45, 7) is 4.59. The maximum atomic E-state index is 12.7. The molecule has 0 unspecified atom stereocenters. The summed E-state index contributed by atoms with van der Waals surface area (Å²) in [6.07, 6.45) is 4.13. The van der Waals surface area contributed by atoms with Gasteiger partial charge in [0.05, 0.1) is 22.4 Å². The molecule has 1 amide bonds. The third kappa shape index (κ3) is 3.58. The highest BCUT2D eigenvalue weighted by atomic mass is 32.2. The molecule has 134 valence electrons. The molecule has 2 bridgehead atoms. The second-order valence-electron chi connectivity index (χ2n) is 6.48. The number of nitrogens with one attached hydrogen (secondary N) is 1. The highest BCUT2D eigenvalue weighted by Gasteiger charge is 2.40. The van der Waals surface area contributed by atoms with Gasteiger partial charge in [0, 0.05) is 12.1 Å². The molecule has 5 nitrogen and oxygen atoms in total. The molecular weight excluding hydrogens is 374 g/mol. The zero-order valence-electron chi connectivity index (χ0n) is 14.2. The van der Waals surface area contributed by atoms with Crippen molar-refractivity contribution in [2.24, 2.45) is 5.92 Å². The Labute approximate surface area is 159 Å². The van der Waals surface area contributed by atoms with Gasteiger partial charge in [-0.15, -0.1) is 11.3 Å². The summed E-state index contributed by atoms with van der Waals surface area (Å²) in [5.74, 6) is 0.680. The fraction of sp³-hybridized carbons (Fsp3) is 0.529. The second-order valence-corrected chi connectivity index (χ2v) is 10.1. The lowest BCUT2D eigenvalue weighted by Gasteiger charge is -2.49. The van der Waals surface area contributed by atoms with Gasteiger partial charge in [-0.1, -0.05) is 11.3 Å². The summed E-state index contributed by atoms with van der Waals surface area (Å²) < 4.78 is 7.17. The van der Waals surface area contributed by atoms with E-state index >= 15 is 0 Å². The summed E-state index contributed by atoms with van der Waals surface area (Å²) >= 11 is 4.62. The van der Waals surface area contributed by atoms with Crippen LogP contribution in [0.15, 0.2) is 26.9 Å². The smallest absolute Gasteiger partial charge is 0.261 e. The minimum Gasteiger partial charge on any atom is -0.486 e. The Morgan fingerprint density at radius 3 is 2.84 bits per heavy atom. The Morgan fingerprint density at radius 2 is 2.16 bits per heavy atom. The Morgan fingerprint density at radius 1 is 1.36 bits per heavy atom. The van der Waals surface area contributed by atoms with E-state index in [0.29, 0.717) is 12.0 Å². The molecule has 0 aromatic carbocycles. The van der Waals surface area contributed by atoms with Crippen molar-refractivity contribution in [3.05, 3.63) is 23.2 Å². The van der Waals surface area contributed by atoms with Crippen LogP contribution in [-0.2, 0) is 0 Å². The number of thiophene rings is 1. The topological polar surface area (TPSA) is 54.5 Å². The summed E-state index contributed by atoms with van der Waals surface area (Å²) in [5.41, 5.74) is 0. The molecule has 8 heteroatoms. The van der Waals surface area contributed by atoms with Gasteiger partial charge >= 0.3 is 0 Å². The normalized spacial score (nSPS) is 28.1. The number of aromatic nitrogens is 1. The zero-order chi connectivity index (χ0) is 17.4. The molecular formula is C17H21N3O2S3. The third-order valence-corrected chi connectivity index (χ3v) is 8.38. The van der Waals surface area contributed by atoms with Crippen molar-refractivity contribution >= 4 is 40.3 Å². The largest absolute Gasteiger partial charge is 0.486 e. The van der Waals surface area contributed by atoms with Crippen molar-refractivity contribution in [1.29, 1.82) is 0 Å². The van der Waals surface area contributed by atoms with Crippen molar-refractivity contribution in [3.63, 3.8) is 0 Å². The Kier molecular flexibility index (Phi) is 5.04. The molecule has 3 aliphatic rings. The molecule has 1 N–H and O–H groups in total. The van der Waals surface area contributed by atoms with Gasteiger partial charge in [0.25, 0.3) is 5.91 Å². The number of hydrogen-bond acceptors (Lipinski definition) is 7. The van der Waals surface area contributed by atoms with E-state index in [1.807, 2.05) is 12.1 Å². The van der Waals surface area contributed by atoms with Crippen molar-refractivity contribution < 1.29 is 9.53 Å². The fourth-order valence-electron chi connectivity index (χ4n) is 3.74. The molecule has 25 heavy (non-hydrogen) atoms. The van der Waals surface area contributed by atoms with Gasteiger partial charge in [-0.05, 0) is 62.7 Å². The monoisotopic (exact) mass is 395 g/mol. The number of ether oxygens (including phenoxy) is 1. The standard InChI is InChI=1S/C17H21N3O2S3/c1-10-15(11-5-7-20(10)8-6-11)19-16(21)12-3-4-14(23-12)25-17-18-9-13(22-2)24-17/h3-4,9-11,15H,5-8H2,1-2H3,(H,19,21)/t10-,15-/m0/s1. The van der Waals surface area contributed by atoms with Gasteiger partial charge in [0.15, 0.2) is 9.40 Å². The van der Waals surface area contributed by atoms with Gasteiger partial charge in [-0.3, -0.25) is 9.69 Å². The SMILES string of the molecule is COc1cnc(Sc2ccc(C(=O)N[C@@H]3C4CCN(CC4)[C@H]3C)s2)s1. The molecule has 2 aromatic heterocycles. The lowest BCUT2D eigenvalue weighted by atomic mass is 9.79. The molecule has 3 saturated heterocycles. The quantitative estimate of drug-likeness (QED) is 0.839. The number of nitrogens with zero attached hydrogens (tertiary/aromatic N) is 2. The zero-order valence-corrected chi connectivity index (χ0v) is 16.7. The Bertz CT molecular complexity index is 750. The number of carbonyl (C=O) groups excluding carboxylic acids is 1. The fourth-order valence-corrected chi connectivity index (χ4v) is 6.77. The number of rotatable bonds is 5. The lowest BCUT2D eigenvalue weighted by Crippen LogP contribution is -2.62. The van der Waals surface area contributed by atoms with Crippen molar-refractivity contribution in [3.8, 4) is 5.06 Å². The molecule has 5 heterocycles. The molecule has 5 rings (SSSR count). The highest BCUT2D eigenvalue weighted by molar-refractivity contribution is 8.02. The van der Waals surface area contributed by atoms with Gasteiger partial charge in [-0.25, -0.2) is 4.98 Å². The molecule has 3 fully saturated rings. The van der Waals surface area contributed by atoms with E-state index in [4.69, 9.17) is 4.74 Å². The summed E-state index contributed by atoms with van der Waals surface area (Å²) in [5, 5.41) is 4.09. The number of fused-ring (bicyclic) bond motifs is 3. The van der Waals surface area contributed by atoms with Gasteiger partial charge < -0.3 is 10.1 Å². The van der Waals surface area contributed by atoms with Crippen LogP contribution >= 0.6 is 34.4 Å². The predicted octanol–water partition coefficient (Wildman–Crippen LogP) is 3.58. The maximum Gasteiger partial charge on any atom is 0.261 e. The summed E-state index contributed by atoms with van der Waals surface area (Å²) in [4.78, 5) is 20.3. The van der Waals surface area contributed by atoms with Crippen LogP contribution < -0.4 is 10.1 Å². The first-order chi connectivity index (χ1) is 12.1. The molecule has 0 radical (unpaired) electrons. The lowest BCUT2D eigenvalue weighted by molar-refractivity contribution is 0.0218. The van der Waals surface area contributed by atoms with Crippen LogP contribution in [0, 0.1) is 5.92 Å². The molecule has 2 atom stereocenters. The van der Waals surface area contributed by atoms with E-state index in [-0.39, 0.29) is 11.9 Å². The minimum atomic E-state index is 0.0548. The van der Waals surface area contributed by atoms with Crippen LogP contribution in [0.25, 0.3) is 0 Å². The number of carbonyl (C=O) groups is 1. The van der Waals surface area contributed by atoms with Crippen molar-refractivity contribution in [2.75, 3.05) is 20.2 Å². The van der Waals surface area contributed by atoms with E-state index in [1.54, 1.807) is 25.1 Å². The van der Waals surface area contributed by atoms with Crippen molar-refractivity contribution in [1.82, 2.24) is 15.2 Å². The van der Waals surface area contributed by atoms with E-state index in [1.165, 1.54) is 48.6 Å². The molecule has 2 aromatic rings. The van der Waals surface area contributed by atoms with Crippen LogP contribution in [-0.4, -0.2) is 48.1 Å². The molecule has 3 aliphatic heterocycles. The predicted molar refractivity (Wildman–Crippen MR) is 102 cm³/mol.